The average Bonchev–Trinajstić information content (AvgIpc) is 3.14. The van der Waals surface area contributed by atoms with Crippen LogP contribution >= 0.6 is 34.4 Å². The second-order valence-corrected chi connectivity index (χ2v) is 7.71. The number of para-hydroxylation sites is 1. The van der Waals surface area contributed by atoms with Gasteiger partial charge in [-0.25, -0.2) is 9.97 Å². The van der Waals surface area contributed by atoms with Crippen molar-refractivity contribution in [3.63, 3.8) is 0 Å². The molecule has 0 saturated carbocycles. The number of nitrogens with one attached hydrogen (secondary N) is 1. The van der Waals surface area contributed by atoms with E-state index in [1.165, 1.54) is 15.5 Å². The van der Waals surface area contributed by atoms with Gasteiger partial charge in [-0.3, -0.25) is 0 Å². The third kappa shape index (κ3) is 2.37. The van der Waals surface area contributed by atoms with Crippen molar-refractivity contribution in [1.82, 2.24) is 15.3 Å². The number of rotatable bonds is 2. The predicted octanol–water partition coefficient (Wildman–Crippen LogP) is 3.80. The van der Waals surface area contributed by atoms with E-state index in [2.05, 4.69) is 33.9 Å². The van der Waals surface area contributed by atoms with Crippen molar-refractivity contribution in [2.45, 2.75) is 6.04 Å². The molecule has 102 valence electrons. The van der Waals surface area contributed by atoms with Crippen LogP contribution in [0.25, 0.3) is 20.9 Å². The fraction of sp³-hybridized carbons (Fsp3) is 0.286. The quantitative estimate of drug-likeness (QED) is 0.780. The van der Waals surface area contributed by atoms with Crippen molar-refractivity contribution >= 4 is 44.7 Å². The Labute approximate surface area is 129 Å². The number of hydrogen-bond acceptors (Lipinski definition) is 6. The van der Waals surface area contributed by atoms with Crippen LogP contribution in [-0.4, -0.2) is 28.0 Å². The highest BCUT2D eigenvalue weighted by molar-refractivity contribution is 7.99. The van der Waals surface area contributed by atoms with Gasteiger partial charge in [0.1, 0.15) is 15.7 Å². The Balaban J connectivity index is 1.66. The van der Waals surface area contributed by atoms with Gasteiger partial charge in [-0.1, -0.05) is 12.1 Å². The molecule has 20 heavy (non-hydrogen) atoms. The van der Waals surface area contributed by atoms with Gasteiger partial charge in [-0.2, -0.15) is 11.8 Å². The highest BCUT2D eigenvalue weighted by atomic mass is 32.2. The van der Waals surface area contributed by atoms with Crippen LogP contribution < -0.4 is 5.32 Å². The Kier molecular flexibility index (Phi) is 3.47. The van der Waals surface area contributed by atoms with Crippen LogP contribution in [0.5, 0.6) is 0 Å². The van der Waals surface area contributed by atoms with Gasteiger partial charge in [0.25, 0.3) is 0 Å². The largest absolute Gasteiger partial charge is 0.306 e. The Morgan fingerprint density at radius 3 is 3.00 bits per heavy atom. The number of benzene rings is 1. The van der Waals surface area contributed by atoms with Gasteiger partial charge in [0.05, 0.1) is 16.3 Å². The molecular formula is C14H13N3S3. The summed E-state index contributed by atoms with van der Waals surface area (Å²) in [6, 6.07) is 8.66. The van der Waals surface area contributed by atoms with E-state index >= 15 is 0 Å². The zero-order valence-electron chi connectivity index (χ0n) is 10.7. The molecule has 6 heteroatoms. The van der Waals surface area contributed by atoms with Crippen LogP contribution in [0.3, 0.4) is 0 Å². The standard InChI is InChI=1S/C14H13N3S3/c1-2-4-12-9(3-1)16-14(20-12)11-8-19-13(17-11)10-7-18-6-5-15-10/h1-4,8,10,15H,5-7H2. The zero-order chi connectivity index (χ0) is 13.4. The minimum absolute atomic E-state index is 0.405. The molecule has 3 aromatic rings. The lowest BCUT2D eigenvalue weighted by molar-refractivity contribution is 0.592. The normalized spacial score (nSPS) is 19.5. The molecule has 1 aliphatic heterocycles. The minimum atomic E-state index is 0.405. The molecule has 0 amide bonds. The van der Waals surface area contributed by atoms with Gasteiger partial charge < -0.3 is 5.32 Å². The van der Waals surface area contributed by atoms with E-state index in [1.54, 1.807) is 22.7 Å². The van der Waals surface area contributed by atoms with E-state index in [1.807, 2.05) is 17.8 Å². The number of thiazole rings is 2. The highest BCUT2D eigenvalue weighted by Gasteiger charge is 2.19. The topological polar surface area (TPSA) is 37.8 Å². The minimum Gasteiger partial charge on any atom is -0.306 e. The van der Waals surface area contributed by atoms with Crippen LogP contribution in [-0.2, 0) is 0 Å². The number of thioether (sulfide) groups is 1. The molecule has 1 aliphatic rings. The fourth-order valence-corrected chi connectivity index (χ4v) is 5.18. The average molecular weight is 319 g/mol. The maximum atomic E-state index is 4.79. The van der Waals surface area contributed by atoms with Crippen LogP contribution in [0.2, 0.25) is 0 Å². The molecule has 1 aromatic carbocycles. The third-order valence-corrected chi connectivity index (χ3v) is 6.33. The first-order valence-electron chi connectivity index (χ1n) is 6.53. The Bertz CT molecular complexity index is 695. The van der Waals surface area contributed by atoms with Crippen molar-refractivity contribution < 1.29 is 0 Å². The number of aromatic nitrogens is 2. The van der Waals surface area contributed by atoms with E-state index in [0.717, 1.165) is 28.5 Å². The fourth-order valence-electron chi connectivity index (χ4n) is 2.25. The summed E-state index contributed by atoms with van der Waals surface area (Å²) in [4.78, 5) is 9.47. The molecule has 1 fully saturated rings. The maximum absolute atomic E-state index is 4.79. The van der Waals surface area contributed by atoms with Crippen LogP contribution in [0, 0.1) is 0 Å². The number of nitrogens with zero attached hydrogens (tertiary/aromatic N) is 2. The zero-order valence-corrected chi connectivity index (χ0v) is 13.2. The summed E-state index contributed by atoms with van der Waals surface area (Å²) in [5.74, 6) is 2.32. The molecule has 3 nitrogen and oxygen atoms in total. The summed E-state index contributed by atoms with van der Waals surface area (Å²) in [6.07, 6.45) is 0. The van der Waals surface area contributed by atoms with Gasteiger partial charge in [0, 0.05) is 23.4 Å². The van der Waals surface area contributed by atoms with Crippen molar-refractivity contribution in [2.75, 3.05) is 18.1 Å². The molecule has 0 bridgehead atoms. The molecule has 1 atom stereocenters. The highest BCUT2D eigenvalue weighted by Crippen LogP contribution is 2.33. The maximum Gasteiger partial charge on any atom is 0.143 e. The van der Waals surface area contributed by atoms with Crippen molar-refractivity contribution in [3.05, 3.63) is 34.7 Å². The van der Waals surface area contributed by atoms with Crippen molar-refractivity contribution in [3.8, 4) is 10.7 Å². The summed E-state index contributed by atoms with van der Waals surface area (Å²) in [5, 5.41) is 7.88. The van der Waals surface area contributed by atoms with Gasteiger partial charge in [-0.15, -0.1) is 22.7 Å². The SMILES string of the molecule is c1ccc2sc(-c3csc(C4CSCCN4)n3)nc2c1. The Hall–Kier alpha value is -0.950. The predicted molar refractivity (Wildman–Crippen MR) is 88.8 cm³/mol. The van der Waals surface area contributed by atoms with Crippen molar-refractivity contribution in [1.29, 1.82) is 0 Å². The molecule has 2 aromatic heterocycles. The molecule has 1 N–H and O–H groups in total. The second kappa shape index (κ2) is 5.44. The summed E-state index contributed by atoms with van der Waals surface area (Å²) >= 11 is 5.46. The molecular weight excluding hydrogens is 306 g/mol. The Morgan fingerprint density at radius 1 is 1.20 bits per heavy atom. The molecule has 3 heterocycles. The lowest BCUT2D eigenvalue weighted by atomic mass is 10.3. The molecule has 1 saturated heterocycles. The number of fused-ring (bicyclic) bond motifs is 1. The smallest absolute Gasteiger partial charge is 0.143 e. The molecule has 4 rings (SSSR count). The van der Waals surface area contributed by atoms with E-state index in [-0.39, 0.29) is 0 Å². The first-order chi connectivity index (χ1) is 9.90. The van der Waals surface area contributed by atoms with Gasteiger partial charge in [-0.05, 0) is 12.1 Å². The van der Waals surface area contributed by atoms with Gasteiger partial charge in [0.15, 0.2) is 0 Å². The first-order valence-corrected chi connectivity index (χ1v) is 9.38. The third-order valence-electron chi connectivity index (χ3n) is 3.25. The lowest BCUT2D eigenvalue weighted by Crippen LogP contribution is -2.30. The van der Waals surface area contributed by atoms with E-state index in [9.17, 15) is 0 Å². The lowest BCUT2D eigenvalue weighted by Gasteiger charge is -2.20. The molecule has 0 aliphatic carbocycles. The van der Waals surface area contributed by atoms with E-state index < -0.39 is 0 Å². The molecule has 0 spiro atoms. The molecule has 0 radical (unpaired) electrons. The summed E-state index contributed by atoms with van der Waals surface area (Å²) in [5.41, 5.74) is 2.08. The van der Waals surface area contributed by atoms with Gasteiger partial charge >= 0.3 is 0 Å². The monoisotopic (exact) mass is 319 g/mol. The second-order valence-electron chi connectivity index (χ2n) is 4.64. The first kappa shape index (κ1) is 12.8. The summed E-state index contributed by atoms with van der Waals surface area (Å²) in [7, 11) is 0. The van der Waals surface area contributed by atoms with Gasteiger partial charge in [0.2, 0.25) is 0 Å². The van der Waals surface area contributed by atoms with Crippen LogP contribution in [0.15, 0.2) is 29.6 Å². The van der Waals surface area contributed by atoms with Crippen molar-refractivity contribution in [2.24, 2.45) is 0 Å². The van der Waals surface area contributed by atoms with E-state index in [4.69, 9.17) is 4.98 Å². The van der Waals surface area contributed by atoms with Crippen LogP contribution in [0.4, 0.5) is 0 Å². The van der Waals surface area contributed by atoms with E-state index in [0.29, 0.717) is 6.04 Å². The van der Waals surface area contributed by atoms with Crippen LogP contribution in [0.1, 0.15) is 11.0 Å². The molecule has 1 unspecified atom stereocenters. The Morgan fingerprint density at radius 2 is 2.15 bits per heavy atom. The summed E-state index contributed by atoms with van der Waals surface area (Å²) < 4.78 is 1.23. The summed E-state index contributed by atoms with van der Waals surface area (Å²) in [6.45, 7) is 1.07. The number of hydrogen-bond donors (Lipinski definition) is 1.